The largest absolute Gasteiger partial charge is 0.355 e. The summed E-state index contributed by atoms with van der Waals surface area (Å²) in [6.07, 6.45) is 2.64. The van der Waals surface area contributed by atoms with Crippen molar-refractivity contribution in [3.05, 3.63) is 23.2 Å². The molecule has 0 saturated carbocycles. The fraction of sp³-hybridized carbons (Fsp3) is 0.400. The van der Waals surface area contributed by atoms with Crippen LogP contribution in [0.3, 0.4) is 0 Å². The fourth-order valence-corrected chi connectivity index (χ4v) is 1.33. The van der Waals surface area contributed by atoms with E-state index in [9.17, 15) is 9.59 Å². The van der Waals surface area contributed by atoms with Gasteiger partial charge in [-0.25, -0.2) is 4.98 Å². The van der Waals surface area contributed by atoms with Crippen molar-refractivity contribution in [2.24, 2.45) is 0 Å². The van der Waals surface area contributed by atoms with Crippen LogP contribution in [0.2, 0.25) is 5.15 Å². The maximum absolute atomic E-state index is 11.8. The summed E-state index contributed by atoms with van der Waals surface area (Å²) in [6.45, 7) is 2.31. The van der Waals surface area contributed by atoms with Gasteiger partial charge in [-0.15, -0.1) is 0 Å². The van der Waals surface area contributed by atoms with Crippen LogP contribution in [-0.2, 0) is 4.79 Å². The van der Waals surface area contributed by atoms with E-state index in [1.165, 1.54) is 24.3 Å². The van der Waals surface area contributed by atoms with Gasteiger partial charge in [0.1, 0.15) is 10.8 Å². The molecule has 0 aromatic carbocycles. The number of halogens is 1. The number of rotatable bonds is 4. The van der Waals surface area contributed by atoms with Gasteiger partial charge in [0.2, 0.25) is 5.91 Å². The van der Waals surface area contributed by atoms with Crippen molar-refractivity contribution in [2.45, 2.75) is 6.92 Å². The zero-order valence-corrected chi connectivity index (χ0v) is 10.4. The van der Waals surface area contributed by atoms with Gasteiger partial charge in [0.25, 0.3) is 5.91 Å². The maximum Gasteiger partial charge on any atom is 0.274 e. The zero-order chi connectivity index (χ0) is 12.8. The van der Waals surface area contributed by atoms with E-state index in [1.807, 2.05) is 6.92 Å². The molecule has 0 saturated heterocycles. The zero-order valence-electron chi connectivity index (χ0n) is 9.61. The minimum atomic E-state index is -0.397. The number of amides is 2. The lowest BCUT2D eigenvalue weighted by Gasteiger charge is -2.15. The second kappa shape index (κ2) is 6.15. The van der Waals surface area contributed by atoms with Gasteiger partial charge in [-0.2, -0.15) is 0 Å². The fourth-order valence-electron chi connectivity index (χ4n) is 1.18. The summed E-state index contributed by atoms with van der Waals surface area (Å²) in [5.41, 5.74) is 0.115. The summed E-state index contributed by atoms with van der Waals surface area (Å²) < 4.78 is 0. The summed E-state index contributed by atoms with van der Waals surface area (Å²) in [5, 5.41) is 2.74. The topological polar surface area (TPSA) is 75.2 Å². The van der Waals surface area contributed by atoms with E-state index in [2.05, 4.69) is 15.3 Å². The first kappa shape index (κ1) is 13.4. The third-order valence-corrected chi connectivity index (χ3v) is 2.11. The predicted molar refractivity (Wildman–Crippen MR) is 62.7 cm³/mol. The van der Waals surface area contributed by atoms with Gasteiger partial charge < -0.3 is 10.2 Å². The highest BCUT2D eigenvalue weighted by Crippen LogP contribution is 2.04. The standard InChI is InChI=1S/C10H13ClN4O2/c1-3-13-9(16)6-15(2)10(17)7-4-12-5-8(11)14-7/h4-5H,3,6H2,1-2H3,(H,13,16). The van der Waals surface area contributed by atoms with Crippen LogP contribution in [0.1, 0.15) is 17.4 Å². The van der Waals surface area contributed by atoms with Crippen LogP contribution in [0.25, 0.3) is 0 Å². The summed E-state index contributed by atoms with van der Waals surface area (Å²) >= 11 is 5.63. The molecule has 17 heavy (non-hydrogen) atoms. The molecule has 0 unspecified atom stereocenters. The summed E-state index contributed by atoms with van der Waals surface area (Å²) in [7, 11) is 1.51. The molecule has 0 fully saturated rings. The first-order valence-corrected chi connectivity index (χ1v) is 5.42. The lowest BCUT2D eigenvalue weighted by molar-refractivity contribution is -0.121. The van der Waals surface area contributed by atoms with Gasteiger partial charge in [0.05, 0.1) is 18.9 Å². The predicted octanol–water partition coefficient (Wildman–Crippen LogP) is 0.338. The molecule has 1 N–H and O–H groups in total. The first-order valence-electron chi connectivity index (χ1n) is 5.04. The van der Waals surface area contributed by atoms with Crippen LogP contribution < -0.4 is 5.32 Å². The number of carbonyl (C=O) groups is 2. The van der Waals surface area contributed by atoms with Gasteiger partial charge in [0.15, 0.2) is 0 Å². The van der Waals surface area contributed by atoms with Crippen molar-refractivity contribution in [1.82, 2.24) is 20.2 Å². The van der Waals surface area contributed by atoms with E-state index >= 15 is 0 Å². The van der Waals surface area contributed by atoms with Crippen molar-refractivity contribution in [3.63, 3.8) is 0 Å². The van der Waals surface area contributed by atoms with Crippen molar-refractivity contribution in [3.8, 4) is 0 Å². The molecule has 2 amide bonds. The third kappa shape index (κ3) is 3.99. The number of hydrogen-bond acceptors (Lipinski definition) is 4. The quantitative estimate of drug-likeness (QED) is 0.843. The van der Waals surface area contributed by atoms with Gasteiger partial charge in [0, 0.05) is 13.6 Å². The molecular formula is C10H13ClN4O2. The molecule has 0 aliphatic rings. The Morgan fingerprint density at radius 1 is 1.47 bits per heavy atom. The van der Waals surface area contributed by atoms with E-state index in [-0.39, 0.29) is 23.3 Å². The lowest BCUT2D eigenvalue weighted by Crippen LogP contribution is -2.38. The Balaban J connectivity index is 2.67. The Bertz CT molecular complexity index is 425. The molecule has 1 aromatic rings. The van der Waals surface area contributed by atoms with Gasteiger partial charge in [-0.05, 0) is 6.92 Å². The summed E-state index contributed by atoms with van der Waals surface area (Å²) in [6, 6.07) is 0. The summed E-state index contributed by atoms with van der Waals surface area (Å²) in [5.74, 6) is -0.621. The third-order valence-electron chi connectivity index (χ3n) is 1.93. The summed E-state index contributed by atoms with van der Waals surface area (Å²) in [4.78, 5) is 32.0. The van der Waals surface area contributed by atoms with Crippen molar-refractivity contribution < 1.29 is 9.59 Å². The molecule has 0 bridgehead atoms. The maximum atomic E-state index is 11.8. The Morgan fingerprint density at radius 2 is 2.18 bits per heavy atom. The highest BCUT2D eigenvalue weighted by atomic mass is 35.5. The van der Waals surface area contributed by atoms with E-state index in [4.69, 9.17) is 11.6 Å². The van der Waals surface area contributed by atoms with Crippen LogP contribution in [0.15, 0.2) is 12.4 Å². The number of aromatic nitrogens is 2. The van der Waals surface area contributed by atoms with Crippen molar-refractivity contribution >= 4 is 23.4 Å². The highest BCUT2D eigenvalue weighted by Gasteiger charge is 2.16. The lowest BCUT2D eigenvalue weighted by atomic mass is 10.3. The second-order valence-corrected chi connectivity index (χ2v) is 3.73. The molecule has 92 valence electrons. The molecule has 0 aliphatic carbocycles. The van der Waals surface area contributed by atoms with E-state index < -0.39 is 5.91 Å². The number of nitrogens with one attached hydrogen (secondary N) is 1. The molecule has 0 radical (unpaired) electrons. The molecule has 0 atom stereocenters. The molecule has 0 spiro atoms. The first-order chi connectivity index (χ1) is 8.04. The number of hydrogen-bond donors (Lipinski definition) is 1. The van der Waals surface area contributed by atoms with Crippen LogP contribution in [0.5, 0.6) is 0 Å². The van der Waals surface area contributed by atoms with Gasteiger partial charge in [-0.3, -0.25) is 14.6 Å². The molecule has 7 heteroatoms. The Kier molecular flexibility index (Phi) is 4.84. The van der Waals surface area contributed by atoms with Crippen molar-refractivity contribution in [2.75, 3.05) is 20.1 Å². The van der Waals surface area contributed by atoms with E-state index in [1.54, 1.807) is 0 Å². The molecule has 1 rings (SSSR count). The minimum Gasteiger partial charge on any atom is -0.355 e. The van der Waals surface area contributed by atoms with E-state index in [0.29, 0.717) is 6.54 Å². The van der Waals surface area contributed by atoms with Crippen LogP contribution in [0.4, 0.5) is 0 Å². The SMILES string of the molecule is CCNC(=O)CN(C)C(=O)c1cncc(Cl)n1. The smallest absolute Gasteiger partial charge is 0.274 e. The molecule has 1 heterocycles. The molecular weight excluding hydrogens is 244 g/mol. The molecule has 0 aliphatic heterocycles. The Labute approximate surface area is 104 Å². The van der Waals surface area contributed by atoms with Crippen LogP contribution >= 0.6 is 11.6 Å². The number of carbonyl (C=O) groups excluding carboxylic acids is 2. The normalized spacial score (nSPS) is 9.82. The minimum absolute atomic E-state index is 0.0269. The van der Waals surface area contributed by atoms with Crippen LogP contribution in [-0.4, -0.2) is 46.8 Å². The van der Waals surface area contributed by atoms with Crippen LogP contribution in [0, 0.1) is 0 Å². The highest BCUT2D eigenvalue weighted by molar-refractivity contribution is 6.29. The monoisotopic (exact) mass is 256 g/mol. The van der Waals surface area contributed by atoms with Crippen molar-refractivity contribution in [1.29, 1.82) is 0 Å². The Hall–Kier alpha value is -1.69. The Morgan fingerprint density at radius 3 is 2.76 bits per heavy atom. The molecule has 1 aromatic heterocycles. The van der Waals surface area contributed by atoms with Gasteiger partial charge in [-0.1, -0.05) is 11.6 Å². The molecule has 6 nitrogen and oxygen atoms in total. The number of nitrogens with zero attached hydrogens (tertiary/aromatic N) is 3. The average Bonchev–Trinajstić information content (AvgIpc) is 2.28. The van der Waals surface area contributed by atoms with E-state index in [0.717, 1.165) is 0 Å². The average molecular weight is 257 g/mol. The number of likely N-dealkylation sites (N-methyl/N-ethyl adjacent to an activating group) is 2. The second-order valence-electron chi connectivity index (χ2n) is 3.34. The van der Waals surface area contributed by atoms with Gasteiger partial charge >= 0.3 is 0 Å².